The highest BCUT2D eigenvalue weighted by Crippen LogP contribution is 2.29. The van der Waals surface area contributed by atoms with Crippen LogP contribution in [0, 0.1) is 6.92 Å². The third-order valence-corrected chi connectivity index (χ3v) is 3.83. The maximum Gasteiger partial charge on any atom is 0.336 e. The zero-order valence-electron chi connectivity index (χ0n) is 11.3. The zero-order valence-corrected chi connectivity index (χ0v) is 12.9. The topological polar surface area (TPSA) is 50.2 Å². The third kappa shape index (κ3) is 2.54. The second-order valence-corrected chi connectivity index (χ2v) is 5.76. The first kappa shape index (κ1) is 13.8. The van der Waals surface area contributed by atoms with E-state index in [2.05, 4.69) is 20.9 Å². The van der Waals surface area contributed by atoms with Gasteiger partial charge < -0.3 is 5.11 Å². The summed E-state index contributed by atoms with van der Waals surface area (Å²) in [7, 11) is 0. The fourth-order valence-electron chi connectivity index (χ4n) is 2.39. The van der Waals surface area contributed by atoms with Gasteiger partial charge in [0.15, 0.2) is 0 Å². The average Bonchev–Trinajstić information content (AvgIpc) is 2.47. The minimum absolute atomic E-state index is 0.267. The minimum Gasteiger partial charge on any atom is -0.478 e. The van der Waals surface area contributed by atoms with Crippen LogP contribution < -0.4 is 0 Å². The second-order valence-electron chi connectivity index (χ2n) is 4.85. The number of nitrogens with zero attached hydrogens (tertiary/aromatic N) is 1. The molecule has 0 radical (unpaired) electrons. The van der Waals surface area contributed by atoms with Crippen molar-refractivity contribution >= 4 is 32.8 Å². The van der Waals surface area contributed by atoms with Gasteiger partial charge in [-0.25, -0.2) is 9.78 Å². The number of carbonyl (C=O) groups is 1. The molecule has 1 heterocycles. The van der Waals surface area contributed by atoms with E-state index in [1.807, 2.05) is 43.3 Å². The van der Waals surface area contributed by atoms with E-state index >= 15 is 0 Å². The number of carboxylic acids is 1. The second kappa shape index (κ2) is 5.30. The van der Waals surface area contributed by atoms with Crippen LogP contribution in [0.2, 0.25) is 0 Å². The first-order chi connectivity index (χ1) is 10.1. The van der Waals surface area contributed by atoms with Gasteiger partial charge in [-0.15, -0.1) is 0 Å². The summed E-state index contributed by atoms with van der Waals surface area (Å²) in [5.74, 6) is -0.947. The molecular weight excluding hydrogens is 330 g/mol. The molecule has 3 nitrogen and oxygen atoms in total. The van der Waals surface area contributed by atoms with Crippen molar-refractivity contribution in [1.82, 2.24) is 4.98 Å². The molecular formula is C17H12BrNO2. The highest BCUT2D eigenvalue weighted by Gasteiger charge is 2.14. The lowest BCUT2D eigenvalue weighted by molar-refractivity contribution is 0.0699. The molecule has 3 aromatic rings. The Morgan fingerprint density at radius 2 is 1.86 bits per heavy atom. The largest absolute Gasteiger partial charge is 0.478 e. The molecule has 0 aliphatic heterocycles. The average molecular weight is 342 g/mol. The lowest BCUT2D eigenvalue weighted by atomic mass is 10.0. The molecule has 0 atom stereocenters. The van der Waals surface area contributed by atoms with Crippen LogP contribution in [0.15, 0.2) is 53.0 Å². The summed E-state index contributed by atoms with van der Waals surface area (Å²) in [5, 5.41) is 10.1. The quantitative estimate of drug-likeness (QED) is 0.736. The van der Waals surface area contributed by atoms with Crippen molar-refractivity contribution in [2.75, 3.05) is 0 Å². The van der Waals surface area contributed by atoms with Crippen molar-refractivity contribution in [3.05, 3.63) is 64.1 Å². The number of hydrogen-bond donors (Lipinski definition) is 1. The van der Waals surface area contributed by atoms with Crippen LogP contribution in [0.3, 0.4) is 0 Å². The molecule has 0 aliphatic carbocycles. The lowest BCUT2D eigenvalue weighted by Crippen LogP contribution is -2.01. The normalized spacial score (nSPS) is 10.8. The summed E-state index contributed by atoms with van der Waals surface area (Å²) in [4.78, 5) is 16.2. The highest BCUT2D eigenvalue weighted by molar-refractivity contribution is 9.10. The molecule has 0 unspecified atom stereocenters. The number of fused-ring (bicyclic) bond motifs is 1. The van der Waals surface area contributed by atoms with Gasteiger partial charge in [-0.05, 0) is 30.7 Å². The van der Waals surface area contributed by atoms with Gasteiger partial charge in [0.1, 0.15) is 0 Å². The minimum atomic E-state index is -0.947. The predicted octanol–water partition coefficient (Wildman–Crippen LogP) is 4.67. The van der Waals surface area contributed by atoms with Gasteiger partial charge >= 0.3 is 5.97 Å². The molecule has 0 spiro atoms. The molecule has 1 aromatic heterocycles. The number of aromatic nitrogens is 1. The Morgan fingerprint density at radius 3 is 2.52 bits per heavy atom. The van der Waals surface area contributed by atoms with E-state index in [4.69, 9.17) is 0 Å². The maximum atomic E-state index is 11.6. The lowest BCUT2D eigenvalue weighted by Gasteiger charge is -2.09. The summed E-state index contributed by atoms with van der Waals surface area (Å²) in [6.07, 6.45) is 0. The molecule has 0 fully saturated rings. The number of aromatic carboxylic acids is 1. The Kier molecular flexibility index (Phi) is 3.47. The molecule has 104 valence electrons. The summed E-state index contributed by atoms with van der Waals surface area (Å²) >= 11 is 3.41. The van der Waals surface area contributed by atoms with Gasteiger partial charge in [-0.2, -0.15) is 0 Å². The third-order valence-electron chi connectivity index (χ3n) is 3.37. The summed E-state index contributed by atoms with van der Waals surface area (Å²) in [6.45, 7) is 1.93. The number of carboxylic acid groups (broad SMARTS) is 1. The SMILES string of the molecule is Cc1cc(Br)cc2c(C(=O)O)cc(-c3ccccc3)nc12. The molecule has 21 heavy (non-hydrogen) atoms. The van der Waals surface area contributed by atoms with Crippen LogP contribution in [-0.4, -0.2) is 16.1 Å². The molecule has 4 heteroatoms. The Bertz CT molecular complexity index is 844. The number of halogens is 1. The monoisotopic (exact) mass is 341 g/mol. The molecule has 0 saturated carbocycles. The molecule has 1 N–H and O–H groups in total. The number of aryl methyl sites for hydroxylation is 1. The Labute approximate surface area is 130 Å². The van der Waals surface area contributed by atoms with E-state index in [-0.39, 0.29) is 5.56 Å². The van der Waals surface area contributed by atoms with Crippen LogP contribution in [0.1, 0.15) is 15.9 Å². The first-order valence-corrected chi connectivity index (χ1v) is 7.25. The molecule has 3 rings (SSSR count). The zero-order chi connectivity index (χ0) is 15.0. The molecule has 2 aromatic carbocycles. The first-order valence-electron chi connectivity index (χ1n) is 6.46. The number of hydrogen-bond acceptors (Lipinski definition) is 2. The highest BCUT2D eigenvalue weighted by atomic mass is 79.9. The van der Waals surface area contributed by atoms with E-state index in [0.717, 1.165) is 21.1 Å². The Morgan fingerprint density at radius 1 is 1.14 bits per heavy atom. The van der Waals surface area contributed by atoms with Crippen molar-refractivity contribution in [3.63, 3.8) is 0 Å². The number of pyridine rings is 1. The summed E-state index contributed by atoms with van der Waals surface area (Å²) < 4.78 is 0.851. The fraction of sp³-hybridized carbons (Fsp3) is 0.0588. The van der Waals surface area contributed by atoms with Gasteiger partial charge in [0.2, 0.25) is 0 Å². The van der Waals surface area contributed by atoms with Gasteiger partial charge in [-0.1, -0.05) is 46.3 Å². The van der Waals surface area contributed by atoms with Crippen molar-refractivity contribution < 1.29 is 9.90 Å². The van der Waals surface area contributed by atoms with E-state index in [1.165, 1.54) is 0 Å². The van der Waals surface area contributed by atoms with E-state index in [0.29, 0.717) is 11.1 Å². The van der Waals surface area contributed by atoms with Crippen molar-refractivity contribution in [2.24, 2.45) is 0 Å². The van der Waals surface area contributed by atoms with Crippen LogP contribution in [0.5, 0.6) is 0 Å². The molecule has 0 aliphatic rings. The van der Waals surface area contributed by atoms with Crippen molar-refractivity contribution in [3.8, 4) is 11.3 Å². The number of rotatable bonds is 2. The van der Waals surface area contributed by atoms with Crippen LogP contribution in [0.25, 0.3) is 22.2 Å². The van der Waals surface area contributed by atoms with Crippen LogP contribution >= 0.6 is 15.9 Å². The van der Waals surface area contributed by atoms with Gasteiger partial charge in [0.05, 0.1) is 16.8 Å². The molecule has 0 bridgehead atoms. The molecule has 0 saturated heterocycles. The predicted molar refractivity (Wildman–Crippen MR) is 86.6 cm³/mol. The van der Waals surface area contributed by atoms with Crippen LogP contribution in [0.4, 0.5) is 0 Å². The fourth-order valence-corrected chi connectivity index (χ4v) is 2.96. The standard InChI is InChI=1S/C17H12BrNO2/c1-10-7-12(18)8-13-14(17(20)21)9-15(19-16(10)13)11-5-3-2-4-6-11/h2-9H,1H3,(H,20,21). The van der Waals surface area contributed by atoms with Gasteiger partial charge in [-0.3, -0.25) is 0 Å². The van der Waals surface area contributed by atoms with E-state index in [9.17, 15) is 9.90 Å². The van der Waals surface area contributed by atoms with Gasteiger partial charge in [0, 0.05) is 15.4 Å². The maximum absolute atomic E-state index is 11.6. The Balaban J connectivity index is 2.38. The Hall–Kier alpha value is -2.20. The smallest absolute Gasteiger partial charge is 0.336 e. The van der Waals surface area contributed by atoms with Crippen molar-refractivity contribution in [1.29, 1.82) is 0 Å². The number of benzene rings is 2. The summed E-state index contributed by atoms with van der Waals surface area (Å²) in [6, 6.07) is 15.0. The summed E-state index contributed by atoms with van der Waals surface area (Å²) in [5.41, 5.74) is 3.51. The molecule has 0 amide bonds. The van der Waals surface area contributed by atoms with Gasteiger partial charge in [0.25, 0.3) is 0 Å². The van der Waals surface area contributed by atoms with E-state index < -0.39 is 5.97 Å². The van der Waals surface area contributed by atoms with Crippen LogP contribution in [-0.2, 0) is 0 Å². The van der Waals surface area contributed by atoms with Crippen molar-refractivity contribution in [2.45, 2.75) is 6.92 Å². The van der Waals surface area contributed by atoms with E-state index in [1.54, 1.807) is 12.1 Å².